The van der Waals surface area contributed by atoms with E-state index in [9.17, 15) is 4.79 Å². The molecular weight excluding hydrogens is 196 g/mol. The molecule has 5 nitrogen and oxygen atoms in total. The van der Waals surface area contributed by atoms with Crippen molar-refractivity contribution in [3.8, 4) is 11.9 Å². The number of carbonyl (C=O) groups excluding carboxylic acids is 1. The van der Waals surface area contributed by atoms with Crippen LogP contribution in [0.2, 0.25) is 0 Å². The van der Waals surface area contributed by atoms with Crippen LogP contribution in [-0.2, 0) is 4.74 Å². The number of aromatic nitrogens is 1. The van der Waals surface area contributed by atoms with Gasteiger partial charge in [-0.3, -0.25) is 0 Å². The van der Waals surface area contributed by atoms with Gasteiger partial charge in [-0.05, 0) is 13.0 Å². The van der Waals surface area contributed by atoms with Crippen molar-refractivity contribution in [2.45, 2.75) is 6.92 Å². The molecule has 0 aliphatic carbocycles. The molecule has 0 unspecified atom stereocenters. The van der Waals surface area contributed by atoms with E-state index in [-0.39, 0.29) is 17.9 Å². The molecule has 15 heavy (non-hydrogen) atoms. The minimum Gasteiger partial charge on any atom is -0.481 e. The lowest BCUT2D eigenvalue weighted by atomic mass is 10.2. The molecule has 78 valence electrons. The van der Waals surface area contributed by atoms with E-state index in [0.29, 0.717) is 5.88 Å². The van der Waals surface area contributed by atoms with Crippen LogP contribution in [0.1, 0.15) is 23.0 Å². The first-order valence-corrected chi connectivity index (χ1v) is 4.35. The third-order valence-electron chi connectivity index (χ3n) is 1.68. The largest absolute Gasteiger partial charge is 0.481 e. The summed E-state index contributed by atoms with van der Waals surface area (Å²) in [6.45, 7) is 1.95. The van der Waals surface area contributed by atoms with E-state index in [2.05, 4.69) is 4.98 Å². The van der Waals surface area contributed by atoms with Crippen LogP contribution in [0.3, 0.4) is 0 Å². The maximum Gasteiger partial charge on any atom is 0.341 e. The van der Waals surface area contributed by atoms with Gasteiger partial charge in [0.25, 0.3) is 0 Å². The smallest absolute Gasteiger partial charge is 0.341 e. The summed E-state index contributed by atoms with van der Waals surface area (Å²) in [4.78, 5) is 15.2. The van der Waals surface area contributed by atoms with Crippen LogP contribution in [0.15, 0.2) is 12.1 Å². The molecule has 5 heteroatoms. The summed E-state index contributed by atoms with van der Waals surface area (Å²) in [6, 6.07) is 4.79. The van der Waals surface area contributed by atoms with Crippen molar-refractivity contribution in [3.63, 3.8) is 0 Å². The van der Waals surface area contributed by atoms with Crippen LogP contribution in [-0.4, -0.2) is 24.7 Å². The predicted molar refractivity (Wildman–Crippen MR) is 51.5 cm³/mol. The molecular formula is C10H10N2O3. The van der Waals surface area contributed by atoms with Crippen LogP contribution in [0, 0.1) is 11.3 Å². The second kappa shape index (κ2) is 4.96. The molecule has 1 rings (SSSR count). The lowest BCUT2D eigenvalue weighted by Crippen LogP contribution is -2.08. The van der Waals surface area contributed by atoms with Gasteiger partial charge in [0, 0.05) is 6.07 Å². The monoisotopic (exact) mass is 206 g/mol. The summed E-state index contributed by atoms with van der Waals surface area (Å²) in [5.74, 6) is -0.260. The fourth-order valence-electron chi connectivity index (χ4n) is 1.01. The SMILES string of the molecule is CCOC(=O)c1ccc(OC)nc1C#N. The van der Waals surface area contributed by atoms with E-state index in [1.807, 2.05) is 6.07 Å². The average Bonchev–Trinajstić information content (AvgIpc) is 2.28. The summed E-state index contributed by atoms with van der Waals surface area (Å²) in [7, 11) is 1.44. The molecule has 0 bridgehead atoms. The predicted octanol–water partition coefficient (Wildman–Crippen LogP) is 1.14. The third kappa shape index (κ3) is 2.44. The van der Waals surface area contributed by atoms with Gasteiger partial charge in [-0.25, -0.2) is 9.78 Å². The maximum absolute atomic E-state index is 11.4. The zero-order chi connectivity index (χ0) is 11.3. The van der Waals surface area contributed by atoms with Gasteiger partial charge in [0.1, 0.15) is 6.07 Å². The van der Waals surface area contributed by atoms with Gasteiger partial charge in [0.15, 0.2) is 5.69 Å². The number of ether oxygens (including phenoxy) is 2. The van der Waals surface area contributed by atoms with E-state index in [1.54, 1.807) is 6.92 Å². The molecule has 0 spiro atoms. The van der Waals surface area contributed by atoms with Crippen molar-refractivity contribution in [3.05, 3.63) is 23.4 Å². The minimum atomic E-state index is -0.552. The second-order valence-corrected chi connectivity index (χ2v) is 2.58. The van der Waals surface area contributed by atoms with Crippen molar-refractivity contribution in [1.29, 1.82) is 5.26 Å². The van der Waals surface area contributed by atoms with Gasteiger partial charge in [-0.15, -0.1) is 0 Å². The van der Waals surface area contributed by atoms with Crippen molar-refractivity contribution in [1.82, 2.24) is 4.98 Å². The molecule has 0 radical (unpaired) electrons. The van der Waals surface area contributed by atoms with Crippen LogP contribution in [0.4, 0.5) is 0 Å². The number of hydrogen-bond acceptors (Lipinski definition) is 5. The van der Waals surface area contributed by atoms with Crippen LogP contribution < -0.4 is 4.74 Å². The van der Waals surface area contributed by atoms with Gasteiger partial charge in [0.2, 0.25) is 5.88 Å². The number of nitrogens with zero attached hydrogens (tertiary/aromatic N) is 2. The Balaban J connectivity index is 3.09. The highest BCUT2D eigenvalue weighted by atomic mass is 16.5. The highest BCUT2D eigenvalue weighted by molar-refractivity contribution is 5.91. The Morgan fingerprint density at radius 2 is 2.33 bits per heavy atom. The number of methoxy groups -OCH3 is 1. The average molecular weight is 206 g/mol. The quantitative estimate of drug-likeness (QED) is 0.693. The summed E-state index contributed by atoms with van der Waals surface area (Å²) in [6.07, 6.45) is 0. The fourth-order valence-corrected chi connectivity index (χ4v) is 1.01. The second-order valence-electron chi connectivity index (χ2n) is 2.58. The topological polar surface area (TPSA) is 72.2 Å². The lowest BCUT2D eigenvalue weighted by molar-refractivity contribution is 0.0525. The molecule has 0 aromatic carbocycles. The van der Waals surface area contributed by atoms with Crippen LogP contribution in [0.5, 0.6) is 5.88 Å². The Bertz CT molecular complexity index is 410. The molecule has 0 saturated carbocycles. The van der Waals surface area contributed by atoms with Crippen molar-refractivity contribution < 1.29 is 14.3 Å². The third-order valence-corrected chi connectivity index (χ3v) is 1.68. The summed E-state index contributed by atoms with van der Waals surface area (Å²) in [5.41, 5.74) is 0.160. The normalized spacial score (nSPS) is 9.13. The van der Waals surface area contributed by atoms with Crippen LogP contribution >= 0.6 is 0 Å². The highest BCUT2D eigenvalue weighted by Gasteiger charge is 2.14. The van der Waals surface area contributed by atoms with Crippen molar-refractivity contribution in [2.24, 2.45) is 0 Å². The molecule has 1 aromatic heterocycles. The van der Waals surface area contributed by atoms with Gasteiger partial charge in [-0.2, -0.15) is 5.26 Å². The number of nitriles is 1. The number of carbonyl (C=O) groups is 1. The van der Waals surface area contributed by atoms with Gasteiger partial charge in [-0.1, -0.05) is 0 Å². The zero-order valence-corrected chi connectivity index (χ0v) is 8.48. The minimum absolute atomic E-state index is 0.00722. The van der Waals surface area contributed by atoms with Gasteiger partial charge in [0.05, 0.1) is 19.3 Å². The molecule has 0 aliphatic heterocycles. The maximum atomic E-state index is 11.4. The van der Waals surface area contributed by atoms with E-state index in [1.165, 1.54) is 19.2 Å². The molecule has 0 aliphatic rings. The van der Waals surface area contributed by atoms with Crippen molar-refractivity contribution in [2.75, 3.05) is 13.7 Å². The van der Waals surface area contributed by atoms with Crippen molar-refractivity contribution >= 4 is 5.97 Å². The summed E-state index contributed by atoms with van der Waals surface area (Å²) in [5, 5.41) is 8.78. The highest BCUT2D eigenvalue weighted by Crippen LogP contribution is 2.13. The first kappa shape index (κ1) is 11.0. The standard InChI is InChI=1S/C10H10N2O3/c1-3-15-10(13)7-4-5-9(14-2)12-8(7)6-11/h4-5H,3H2,1-2H3. The number of pyridine rings is 1. The molecule has 0 fully saturated rings. The zero-order valence-electron chi connectivity index (χ0n) is 8.48. The van der Waals surface area contributed by atoms with Gasteiger partial charge < -0.3 is 9.47 Å². The first-order chi connectivity index (χ1) is 7.22. The van der Waals surface area contributed by atoms with E-state index < -0.39 is 5.97 Å². The molecule has 0 N–H and O–H groups in total. The first-order valence-electron chi connectivity index (χ1n) is 4.35. The number of rotatable bonds is 3. The van der Waals surface area contributed by atoms with Gasteiger partial charge >= 0.3 is 5.97 Å². The Morgan fingerprint density at radius 3 is 2.87 bits per heavy atom. The lowest BCUT2D eigenvalue weighted by Gasteiger charge is -2.04. The Kier molecular flexibility index (Phi) is 3.63. The number of esters is 1. The van der Waals surface area contributed by atoms with E-state index in [4.69, 9.17) is 14.7 Å². The Hall–Kier alpha value is -2.09. The number of hydrogen-bond donors (Lipinski definition) is 0. The molecule has 0 amide bonds. The molecule has 1 aromatic rings. The summed E-state index contributed by atoms with van der Waals surface area (Å²) < 4.78 is 9.61. The fraction of sp³-hybridized carbons (Fsp3) is 0.300. The molecule has 0 saturated heterocycles. The molecule has 0 atom stereocenters. The van der Waals surface area contributed by atoms with Crippen LogP contribution in [0.25, 0.3) is 0 Å². The summed E-state index contributed by atoms with van der Waals surface area (Å²) >= 11 is 0. The Morgan fingerprint density at radius 1 is 1.60 bits per heavy atom. The molecule has 1 heterocycles. The Labute approximate surface area is 87.3 Å². The van der Waals surface area contributed by atoms with E-state index >= 15 is 0 Å². The van der Waals surface area contributed by atoms with E-state index in [0.717, 1.165) is 0 Å².